The van der Waals surface area contributed by atoms with Crippen LogP contribution in [0.1, 0.15) is 35.3 Å². The van der Waals surface area contributed by atoms with E-state index in [1.807, 2.05) is 6.92 Å². The number of methoxy groups -OCH3 is 1. The van der Waals surface area contributed by atoms with Crippen LogP contribution < -0.4 is 4.74 Å². The highest BCUT2D eigenvalue weighted by molar-refractivity contribution is 5.92. The molecule has 0 spiro atoms. The summed E-state index contributed by atoms with van der Waals surface area (Å²) in [7, 11) is 1.50. The second-order valence-electron chi connectivity index (χ2n) is 3.35. The van der Waals surface area contributed by atoms with E-state index in [9.17, 15) is 4.79 Å². The van der Waals surface area contributed by atoms with Crippen molar-refractivity contribution in [3.8, 4) is 11.8 Å². The standard InChI is InChI=1S/C13H15NO3/c1-4-9-10(13(15)17-5-2)6-7-12(16-3)11(9)8-14/h6-7H,4-5H2,1-3H3. The minimum Gasteiger partial charge on any atom is -0.495 e. The highest BCUT2D eigenvalue weighted by atomic mass is 16.5. The fourth-order valence-corrected chi connectivity index (χ4v) is 1.69. The summed E-state index contributed by atoms with van der Waals surface area (Å²) in [6, 6.07) is 5.32. The summed E-state index contributed by atoms with van der Waals surface area (Å²) in [4.78, 5) is 11.7. The normalized spacial score (nSPS) is 9.53. The number of nitrogens with zero attached hydrogens (tertiary/aromatic N) is 1. The highest BCUT2D eigenvalue weighted by Gasteiger charge is 2.18. The van der Waals surface area contributed by atoms with Gasteiger partial charge in [-0.1, -0.05) is 6.92 Å². The summed E-state index contributed by atoms with van der Waals surface area (Å²) >= 11 is 0. The van der Waals surface area contributed by atoms with Gasteiger partial charge < -0.3 is 9.47 Å². The molecular weight excluding hydrogens is 218 g/mol. The molecule has 0 bridgehead atoms. The van der Waals surface area contributed by atoms with Crippen LogP contribution in [0.4, 0.5) is 0 Å². The molecule has 0 unspecified atom stereocenters. The number of benzene rings is 1. The lowest BCUT2D eigenvalue weighted by Gasteiger charge is -2.11. The van der Waals surface area contributed by atoms with Crippen LogP contribution in [0.15, 0.2) is 12.1 Å². The van der Waals surface area contributed by atoms with E-state index >= 15 is 0 Å². The van der Waals surface area contributed by atoms with Crippen molar-refractivity contribution >= 4 is 5.97 Å². The summed E-state index contributed by atoms with van der Waals surface area (Å²) < 4.78 is 10.1. The summed E-state index contributed by atoms with van der Waals surface area (Å²) in [5.74, 6) is 0.0842. The van der Waals surface area contributed by atoms with Crippen molar-refractivity contribution in [3.63, 3.8) is 0 Å². The molecule has 0 atom stereocenters. The Labute approximate surface area is 101 Å². The summed E-state index contributed by atoms with van der Waals surface area (Å²) in [6.07, 6.45) is 0.578. The van der Waals surface area contributed by atoms with Crippen molar-refractivity contribution < 1.29 is 14.3 Å². The van der Waals surface area contributed by atoms with E-state index in [4.69, 9.17) is 14.7 Å². The number of hydrogen-bond acceptors (Lipinski definition) is 4. The molecule has 0 fully saturated rings. The molecule has 0 amide bonds. The molecule has 0 saturated heterocycles. The molecule has 1 aromatic carbocycles. The molecule has 0 N–H and O–H groups in total. The first kappa shape index (κ1) is 13.0. The van der Waals surface area contributed by atoms with E-state index in [0.29, 0.717) is 35.5 Å². The first-order chi connectivity index (χ1) is 8.19. The lowest BCUT2D eigenvalue weighted by atomic mass is 9.98. The zero-order valence-electron chi connectivity index (χ0n) is 10.2. The minimum atomic E-state index is -0.400. The molecule has 0 radical (unpaired) electrons. The molecule has 0 aliphatic rings. The lowest BCUT2D eigenvalue weighted by Crippen LogP contribution is -2.10. The van der Waals surface area contributed by atoms with Crippen LogP contribution >= 0.6 is 0 Å². The van der Waals surface area contributed by atoms with Gasteiger partial charge in [-0.25, -0.2) is 4.79 Å². The minimum absolute atomic E-state index is 0.315. The second kappa shape index (κ2) is 5.90. The van der Waals surface area contributed by atoms with Gasteiger partial charge in [0, 0.05) is 0 Å². The van der Waals surface area contributed by atoms with Gasteiger partial charge in [0.15, 0.2) is 0 Å². The Hall–Kier alpha value is -2.02. The fraction of sp³-hybridized carbons (Fsp3) is 0.385. The van der Waals surface area contributed by atoms with Crippen molar-refractivity contribution in [2.45, 2.75) is 20.3 Å². The van der Waals surface area contributed by atoms with Crippen LogP contribution in [0.2, 0.25) is 0 Å². The van der Waals surface area contributed by atoms with Gasteiger partial charge in [-0.15, -0.1) is 0 Å². The first-order valence-corrected chi connectivity index (χ1v) is 5.46. The van der Waals surface area contributed by atoms with Crippen LogP contribution in [0.5, 0.6) is 5.75 Å². The van der Waals surface area contributed by atoms with Gasteiger partial charge >= 0.3 is 5.97 Å². The maximum absolute atomic E-state index is 11.7. The van der Waals surface area contributed by atoms with E-state index in [0.717, 1.165) is 0 Å². The van der Waals surface area contributed by atoms with Gasteiger partial charge in [-0.3, -0.25) is 0 Å². The molecule has 0 aliphatic carbocycles. The topological polar surface area (TPSA) is 59.3 Å². The third kappa shape index (κ3) is 2.56. The van der Waals surface area contributed by atoms with Crippen molar-refractivity contribution in [1.29, 1.82) is 5.26 Å². The smallest absolute Gasteiger partial charge is 0.338 e. The zero-order valence-corrected chi connectivity index (χ0v) is 10.2. The van der Waals surface area contributed by atoms with Crippen molar-refractivity contribution in [2.24, 2.45) is 0 Å². The Kier molecular flexibility index (Phi) is 4.53. The monoisotopic (exact) mass is 233 g/mol. The number of carbonyl (C=O) groups excluding carboxylic acids is 1. The molecule has 0 aliphatic heterocycles. The molecule has 17 heavy (non-hydrogen) atoms. The van der Waals surface area contributed by atoms with Gasteiger partial charge in [0.1, 0.15) is 11.8 Å². The van der Waals surface area contributed by atoms with E-state index in [2.05, 4.69) is 6.07 Å². The van der Waals surface area contributed by atoms with Crippen LogP contribution in [0, 0.1) is 11.3 Å². The van der Waals surface area contributed by atoms with Crippen LogP contribution in [-0.4, -0.2) is 19.7 Å². The predicted molar refractivity (Wildman–Crippen MR) is 63.0 cm³/mol. The molecular formula is C13H15NO3. The van der Waals surface area contributed by atoms with Gasteiger partial charge in [0.25, 0.3) is 0 Å². The zero-order chi connectivity index (χ0) is 12.8. The second-order valence-corrected chi connectivity index (χ2v) is 3.35. The Morgan fingerprint density at radius 1 is 1.41 bits per heavy atom. The van der Waals surface area contributed by atoms with Gasteiger partial charge in [-0.2, -0.15) is 5.26 Å². The maximum Gasteiger partial charge on any atom is 0.338 e. The van der Waals surface area contributed by atoms with Crippen molar-refractivity contribution in [1.82, 2.24) is 0 Å². The van der Waals surface area contributed by atoms with E-state index in [1.54, 1.807) is 19.1 Å². The van der Waals surface area contributed by atoms with Crippen LogP contribution in [0.25, 0.3) is 0 Å². The average Bonchev–Trinajstić information content (AvgIpc) is 2.36. The van der Waals surface area contributed by atoms with Gasteiger partial charge in [-0.05, 0) is 31.0 Å². The van der Waals surface area contributed by atoms with E-state index in [1.165, 1.54) is 7.11 Å². The number of carbonyl (C=O) groups is 1. The molecule has 0 saturated carbocycles. The molecule has 0 heterocycles. The fourth-order valence-electron chi connectivity index (χ4n) is 1.69. The number of rotatable bonds is 4. The maximum atomic E-state index is 11.7. The number of nitriles is 1. The van der Waals surface area contributed by atoms with Crippen LogP contribution in [0.3, 0.4) is 0 Å². The lowest BCUT2D eigenvalue weighted by molar-refractivity contribution is 0.0525. The molecule has 4 nitrogen and oxygen atoms in total. The summed E-state index contributed by atoms with van der Waals surface area (Å²) in [5, 5.41) is 9.12. The van der Waals surface area contributed by atoms with Crippen molar-refractivity contribution in [2.75, 3.05) is 13.7 Å². The Morgan fingerprint density at radius 2 is 2.12 bits per heavy atom. The largest absolute Gasteiger partial charge is 0.495 e. The average molecular weight is 233 g/mol. The predicted octanol–water partition coefficient (Wildman–Crippen LogP) is 2.31. The highest BCUT2D eigenvalue weighted by Crippen LogP contribution is 2.25. The third-order valence-electron chi connectivity index (χ3n) is 2.46. The summed E-state index contributed by atoms with van der Waals surface area (Å²) in [5.41, 5.74) is 1.51. The van der Waals surface area contributed by atoms with Gasteiger partial charge in [0.05, 0.1) is 24.8 Å². The Balaban J connectivity index is 3.34. The quantitative estimate of drug-likeness (QED) is 0.749. The third-order valence-corrected chi connectivity index (χ3v) is 2.46. The van der Waals surface area contributed by atoms with E-state index < -0.39 is 5.97 Å². The van der Waals surface area contributed by atoms with Crippen molar-refractivity contribution in [3.05, 3.63) is 28.8 Å². The van der Waals surface area contributed by atoms with Crippen LogP contribution in [-0.2, 0) is 11.2 Å². The molecule has 90 valence electrons. The molecule has 4 heteroatoms. The number of hydrogen-bond donors (Lipinski definition) is 0. The van der Waals surface area contributed by atoms with Gasteiger partial charge in [0.2, 0.25) is 0 Å². The Bertz CT molecular complexity index is 460. The Morgan fingerprint density at radius 3 is 2.59 bits per heavy atom. The van der Waals surface area contributed by atoms with E-state index in [-0.39, 0.29) is 0 Å². The summed E-state index contributed by atoms with van der Waals surface area (Å²) in [6.45, 7) is 3.95. The molecule has 1 aromatic rings. The molecule has 0 aromatic heterocycles. The molecule has 1 rings (SSSR count). The first-order valence-electron chi connectivity index (χ1n) is 5.46. The number of esters is 1. The number of ether oxygens (including phenoxy) is 2. The SMILES string of the molecule is CCOC(=O)c1ccc(OC)c(C#N)c1CC.